The van der Waals surface area contributed by atoms with E-state index in [-0.39, 0.29) is 5.69 Å². The van der Waals surface area contributed by atoms with Crippen molar-refractivity contribution in [3.8, 4) is 0 Å². The first-order valence-corrected chi connectivity index (χ1v) is 6.96. The van der Waals surface area contributed by atoms with Crippen molar-refractivity contribution in [3.05, 3.63) is 33.9 Å². The van der Waals surface area contributed by atoms with Crippen LogP contribution in [0.3, 0.4) is 0 Å². The van der Waals surface area contributed by atoms with Gasteiger partial charge < -0.3 is 0 Å². The van der Waals surface area contributed by atoms with E-state index in [0.717, 1.165) is 43.5 Å². The second kappa shape index (κ2) is 7.77. The van der Waals surface area contributed by atoms with Gasteiger partial charge in [-0.05, 0) is 25.0 Å². The first-order chi connectivity index (χ1) is 10.3. The van der Waals surface area contributed by atoms with Gasteiger partial charge in [0.25, 0.3) is 5.69 Å². The van der Waals surface area contributed by atoms with E-state index in [9.17, 15) is 23.3 Å². The van der Waals surface area contributed by atoms with Gasteiger partial charge in [0.1, 0.15) is 5.69 Å². The largest absolute Gasteiger partial charge is 0.416 e. The molecule has 22 heavy (non-hydrogen) atoms. The highest BCUT2D eigenvalue weighted by atomic mass is 19.4. The summed E-state index contributed by atoms with van der Waals surface area (Å²) in [7, 11) is 0. The Morgan fingerprint density at radius 1 is 1.27 bits per heavy atom. The molecule has 0 saturated carbocycles. The van der Waals surface area contributed by atoms with Crippen LogP contribution in [0.25, 0.3) is 0 Å². The maximum atomic E-state index is 12.6. The van der Waals surface area contributed by atoms with Crippen LogP contribution < -0.4 is 5.43 Å². The maximum Gasteiger partial charge on any atom is 0.416 e. The van der Waals surface area contributed by atoms with Crippen LogP contribution in [0.2, 0.25) is 0 Å². The molecule has 0 radical (unpaired) electrons. The van der Waals surface area contributed by atoms with Gasteiger partial charge in [-0.15, -0.1) is 0 Å². The lowest BCUT2D eigenvalue weighted by molar-refractivity contribution is -0.384. The second-order valence-electron chi connectivity index (χ2n) is 4.78. The van der Waals surface area contributed by atoms with Crippen molar-refractivity contribution in [1.29, 1.82) is 0 Å². The monoisotopic (exact) mass is 317 g/mol. The number of halogens is 3. The summed E-state index contributed by atoms with van der Waals surface area (Å²) in [6.45, 7) is 3.96. The topological polar surface area (TPSA) is 67.5 Å². The summed E-state index contributed by atoms with van der Waals surface area (Å²) < 4.78 is 37.8. The summed E-state index contributed by atoms with van der Waals surface area (Å²) in [5, 5.41) is 15.0. The van der Waals surface area contributed by atoms with Crippen LogP contribution in [0, 0.1) is 10.1 Å². The number of nitro groups is 1. The Kier molecular flexibility index (Phi) is 6.33. The van der Waals surface area contributed by atoms with E-state index in [0.29, 0.717) is 6.07 Å². The Morgan fingerprint density at radius 2 is 1.86 bits per heavy atom. The van der Waals surface area contributed by atoms with E-state index in [1.165, 1.54) is 0 Å². The van der Waals surface area contributed by atoms with Crippen molar-refractivity contribution < 1.29 is 18.1 Å². The third-order valence-corrected chi connectivity index (χ3v) is 2.93. The predicted molar refractivity (Wildman–Crippen MR) is 79.0 cm³/mol. The van der Waals surface area contributed by atoms with Crippen LogP contribution in [0.1, 0.15) is 45.1 Å². The van der Waals surface area contributed by atoms with Crippen molar-refractivity contribution in [2.45, 2.75) is 45.7 Å². The molecule has 1 N–H and O–H groups in total. The van der Waals surface area contributed by atoms with Gasteiger partial charge in [-0.2, -0.15) is 18.3 Å². The molecule has 0 atom stereocenters. The molecule has 0 aromatic heterocycles. The Labute approximate surface area is 126 Å². The summed E-state index contributed by atoms with van der Waals surface area (Å²) in [5.74, 6) is 0. The standard InChI is InChI=1S/C14H18F3N3O2/c1-3-5-11(6-4-2)18-19-12-8-7-10(14(15,16)17)9-13(12)20(21)22/h7-9,19H,3-6H2,1-2H3. The lowest BCUT2D eigenvalue weighted by Gasteiger charge is -2.09. The first-order valence-electron chi connectivity index (χ1n) is 6.96. The smallest absolute Gasteiger partial charge is 0.272 e. The average molecular weight is 317 g/mol. The number of alkyl halides is 3. The zero-order chi connectivity index (χ0) is 16.8. The molecule has 5 nitrogen and oxygen atoms in total. The van der Waals surface area contributed by atoms with Gasteiger partial charge in [-0.1, -0.05) is 26.7 Å². The van der Waals surface area contributed by atoms with Gasteiger partial charge >= 0.3 is 6.18 Å². The van der Waals surface area contributed by atoms with Crippen molar-refractivity contribution in [1.82, 2.24) is 0 Å². The van der Waals surface area contributed by atoms with E-state index in [2.05, 4.69) is 10.5 Å². The molecule has 0 saturated heterocycles. The quantitative estimate of drug-likeness (QED) is 0.438. The van der Waals surface area contributed by atoms with E-state index < -0.39 is 22.4 Å². The van der Waals surface area contributed by atoms with Gasteiger partial charge in [0, 0.05) is 11.8 Å². The molecule has 122 valence electrons. The number of nitrogens with zero attached hydrogens (tertiary/aromatic N) is 2. The summed E-state index contributed by atoms with van der Waals surface area (Å²) in [6.07, 6.45) is -1.42. The number of nitrogens with one attached hydrogen (secondary N) is 1. The molecule has 0 bridgehead atoms. The van der Waals surface area contributed by atoms with Gasteiger partial charge in [0.15, 0.2) is 0 Å². The fourth-order valence-electron chi connectivity index (χ4n) is 1.91. The molecule has 0 aliphatic rings. The number of hydrogen-bond donors (Lipinski definition) is 1. The molecule has 0 heterocycles. The first kappa shape index (κ1) is 17.9. The minimum atomic E-state index is -4.62. The number of nitro benzene ring substituents is 1. The molecule has 0 aliphatic carbocycles. The minimum absolute atomic E-state index is 0.0530. The Hall–Kier alpha value is -2.12. The summed E-state index contributed by atoms with van der Waals surface area (Å²) in [5.41, 5.74) is 1.59. The van der Waals surface area contributed by atoms with Crippen molar-refractivity contribution in [2.75, 3.05) is 5.43 Å². The van der Waals surface area contributed by atoms with E-state index in [4.69, 9.17) is 0 Å². The number of benzene rings is 1. The molecule has 0 aliphatic heterocycles. The summed E-state index contributed by atoms with van der Waals surface area (Å²) >= 11 is 0. The van der Waals surface area contributed by atoms with Gasteiger partial charge in [0.2, 0.25) is 0 Å². The third kappa shape index (κ3) is 5.01. The van der Waals surface area contributed by atoms with Crippen LogP contribution in [0.5, 0.6) is 0 Å². The van der Waals surface area contributed by atoms with E-state index in [1.54, 1.807) is 0 Å². The number of anilines is 1. The Balaban J connectivity index is 3.08. The predicted octanol–water partition coefficient (Wildman–Crippen LogP) is 4.98. The van der Waals surface area contributed by atoms with Crippen LogP contribution in [0.4, 0.5) is 24.5 Å². The SMILES string of the molecule is CCCC(CCC)=NNc1ccc(C(F)(F)F)cc1[N+](=O)[O-]. The van der Waals surface area contributed by atoms with Crippen LogP contribution >= 0.6 is 0 Å². The lowest BCUT2D eigenvalue weighted by atomic mass is 10.1. The highest BCUT2D eigenvalue weighted by Crippen LogP contribution is 2.34. The third-order valence-electron chi connectivity index (χ3n) is 2.93. The highest BCUT2D eigenvalue weighted by Gasteiger charge is 2.33. The summed E-state index contributed by atoms with van der Waals surface area (Å²) in [6, 6.07) is 2.33. The fraction of sp³-hybridized carbons (Fsp3) is 0.500. The Bertz CT molecular complexity index is 549. The molecular weight excluding hydrogens is 299 g/mol. The molecule has 0 fully saturated rings. The zero-order valence-electron chi connectivity index (χ0n) is 12.4. The second-order valence-corrected chi connectivity index (χ2v) is 4.78. The highest BCUT2D eigenvalue weighted by molar-refractivity contribution is 5.85. The van der Waals surface area contributed by atoms with Crippen LogP contribution in [-0.4, -0.2) is 10.6 Å². The molecule has 8 heteroatoms. The van der Waals surface area contributed by atoms with Gasteiger partial charge in [-0.3, -0.25) is 15.5 Å². The van der Waals surface area contributed by atoms with E-state index in [1.807, 2.05) is 13.8 Å². The average Bonchev–Trinajstić information content (AvgIpc) is 2.44. The molecule has 1 aromatic rings. The van der Waals surface area contributed by atoms with Crippen LogP contribution in [-0.2, 0) is 6.18 Å². The molecule has 0 unspecified atom stereocenters. The fourth-order valence-corrected chi connectivity index (χ4v) is 1.91. The van der Waals surface area contributed by atoms with Crippen molar-refractivity contribution >= 4 is 17.1 Å². The lowest BCUT2D eigenvalue weighted by Crippen LogP contribution is -2.07. The molecular formula is C14H18F3N3O2. The van der Waals surface area contributed by atoms with Gasteiger partial charge in [0.05, 0.1) is 10.5 Å². The maximum absolute atomic E-state index is 12.6. The summed E-state index contributed by atoms with van der Waals surface area (Å²) in [4.78, 5) is 10.1. The number of hydrazone groups is 1. The van der Waals surface area contributed by atoms with Crippen molar-refractivity contribution in [2.24, 2.45) is 5.10 Å². The molecule has 0 spiro atoms. The Morgan fingerprint density at radius 3 is 2.32 bits per heavy atom. The normalized spacial score (nSPS) is 11.1. The molecule has 0 amide bonds. The molecule has 1 rings (SSSR count). The van der Waals surface area contributed by atoms with Gasteiger partial charge in [-0.25, -0.2) is 0 Å². The van der Waals surface area contributed by atoms with Crippen LogP contribution in [0.15, 0.2) is 23.3 Å². The minimum Gasteiger partial charge on any atom is -0.272 e. The number of rotatable bonds is 7. The zero-order valence-corrected chi connectivity index (χ0v) is 12.4. The van der Waals surface area contributed by atoms with E-state index >= 15 is 0 Å². The van der Waals surface area contributed by atoms with Crippen molar-refractivity contribution in [3.63, 3.8) is 0 Å². The number of hydrogen-bond acceptors (Lipinski definition) is 4. The molecule has 1 aromatic carbocycles.